The molecule has 0 radical (unpaired) electrons. The highest BCUT2D eigenvalue weighted by atomic mass is 16.1. The SMILES string of the molecule is CCN(C)c1ccc(C(=O)Cc2cccc(C(C)C)c2C)cc1. The summed E-state index contributed by atoms with van der Waals surface area (Å²) in [5, 5.41) is 0. The zero-order chi connectivity index (χ0) is 17.0. The molecule has 0 spiro atoms. The van der Waals surface area contributed by atoms with Gasteiger partial charge in [0.2, 0.25) is 0 Å². The van der Waals surface area contributed by atoms with Crippen LogP contribution in [-0.2, 0) is 6.42 Å². The van der Waals surface area contributed by atoms with E-state index in [1.165, 1.54) is 11.1 Å². The predicted molar refractivity (Wildman–Crippen MR) is 98.7 cm³/mol. The minimum absolute atomic E-state index is 0.180. The van der Waals surface area contributed by atoms with Crippen molar-refractivity contribution in [3.63, 3.8) is 0 Å². The summed E-state index contributed by atoms with van der Waals surface area (Å²) in [6.07, 6.45) is 0.468. The van der Waals surface area contributed by atoms with Crippen molar-refractivity contribution in [1.29, 1.82) is 0 Å². The summed E-state index contributed by atoms with van der Waals surface area (Å²) in [7, 11) is 2.05. The smallest absolute Gasteiger partial charge is 0.167 e. The number of hydrogen-bond donors (Lipinski definition) is 0. The molecular weight excluding hydrogens is 282 g/mol. The van der Waals surface area contributed by atoms with Gasteiger partial charge in [-0.1, -0.05) is 32.0 Å². The highest BCUT2D eigenvalue weighted by Crippen LogP contribution is 2.23. The summed E-state index contributed by atoms with van der Waals surface area (Å²) in [5.74, 6) is 0.661. The molecule has 0 unspecified atom stereocenters. The maximum absolute atomic E-state index is 12.6. The van der Waals surface area contributed by atoms with Gasteiger partial charge >= 0.3 is 0 Å². The van der Waals surface area contributed by atoms with Gasteiger partial charge in [-0.25, -0.2) is 0 Å². The predicted octanol–water partition coefficient (Wildman–Crippen LogP) is 5.00. The molecule has 0 saturated carbocycles. The molecule has 2 rings (SSSR count). The molecule has 0 N–H and O–H groups in total. The number of carbonyl (C=O) groups excluding carboxylic acids is 1. The van der Waals surface area contributed by atoms with Crippen molar-refractivity contribution in [3.8, 4) is 0 Å². The van der Waals surface area contributed by atoms with Crippen molar-refractivity contribution >= 4 is 11.5 Å². The van der Waals surface area contributed by atoms with E-state index in [0.717, 1.165) is 23.4 Å². The van der Waals surface area contributed by atoms with E-state index >= 15 is 0 Å². The standard InChI is InChI=1S/C21H27NO/c1-6-22(5)19-12-10-17(11-13-19)21(23)14-18-8-7-9-20(15(2)3)16(18)4/h7-13,15H,6,14H2,1-5H3. The van der Waals surface area contributed by atoms with Crippen LogP contribution < -0.4 is 4.90 Å². The summed E-state index contributed by atoms with van der Waals surface area (Å²) in [6, 6.07) is 14.2. The Morgan fingerprint density at radius 1 is 1.09 bits per heavy atom. The van der Waals surface area contributed by atoms with Crippen molar-refractivity contribution in [2.75, 3.05) is 18.5 Å². The van der Waals surface area contributed by atoms with Gasteiger partial charge in [0.25, 0.3) is 0 Å². The Bertz CT molecular complexity index is 671. The number of anilines is 1. The summed E-state index contributed by atoms with van der Waals surface area (Å²) in [4.78, 5) is 14.7. The van der Waals surface area contributed by atoms with E-state index in [9.17, 15) is 4.79 Å². The summed E-state index contributed by atoms with van der Waals surface area (Å²) < 4.78 is 0. The molecule has 0 bridgehead atoms. The molecule has 0 atom stereocenters. The monoisotopic (exact) mass is 309 g/mol. The maximum Gasteiger partial charge on any atom is 0.167 e. The number of nitrogens with zero attached hydrogens (tertiary/aromatic N) is 1. The van der Waals surface area contributed by atoms with Crippen LogP contribution in [0.4, 0.5) is 5.69 Å². The van der Waals surface area contributed by atoms with E-state index in [-0.39, 0.29) is 5.78 Å². The zero-order valence-corrected chi connectivity index (χ0v) is 14.9. The quantitative estimate of drug-likeness (QED) is 0.700. The van der Waals surface area contributed by atoms with Crippen LogP contribution in [-0.4, -0.2) is 19.4 Å². The molecule has 0 heterocycles. The van der Waals surface area contributed by atoms with E-state index in [1.54, 1.807) is 0 Å². The summed E-state index contributed by atoms with van der Waals surface area (Å²) in [6.45, 7) is 9.57. The molecule has 0 amide bonds. The third-order valence-corrected chi connectivity index (χ3v) is 4.57. The Balaban J connectivity index is 2.18. The van der Waals surface area contributed by atoms with Crippen molar-refractivity contribution in [2.24, 2.45) is 0 Å². The first kappa shape index (κ1) is 17.3. The van der Waals surface area contributed by atoms with E-state index in [0.29, 0.717) is 12.3 Å². The highest BCUT2D eigenvalue weighted by molar-refractivity contribution is 5.98. The first-order valence-corrected chi connectivity index (χ1v) is 8.36. The number of hydrogen-bond acceptors (Lipinski definition) is 2. The Morgan fingerprint density at radius 3 is 2.30 bits per heavy atom. The van der Waals surface area contributed by atoms with Crippen molar-refractivity contribution in [2.45, 2.75) is 40.0 Å². The number of benzene rings is 2. The van der Waals surface area contributed by atoms with Crippen molar-refractivity contribution in [3.05, 3.63) is 64.7 Å². The maximum atomic E-state index is 12.6. The van der Waals surface area contributed by atoms with E-state index in [2.05, 4.69) is 57.8 Å². The van der Waals surface area contributed by atoms with Gasteiger partial charge in [-0.15, -0.1) is 0 Å². The van der Waals surface area contributed by atoms with Gasteiger partial charge in [0.15, 0.2) is 5.78 Å². The van der Waals surface area contributed by atoms with Crippen LogP contribution in [0.15, 0.2) is 42.5 Å². The van der Waals surface area contributed by atoms with Gasteiger partial charge in [0.05, 0.1) is 0 Å². The molecule has 0 aliphatic rings. The minimum atomic E-state index is 0.180. The van der Waals surface area contributed by atoms with Gasteiger partial charge in [0.1, 0.15) is 0 Å². The first-order chi connectivity index (χ1) is 10.9. The Hall–Kier alpha value is -2.09. The molecule has 0 aromatic heterocycles. The van der Waals surface area contributed by atoms with Gasteiger partial charge < -0.3 is 4.90 Å². The molecule has 0 fully saturated rings. The third kappa shape index (κ3) is 4.01. The van der Waals surface area contributed by atoms with Crippen LogP contribution in [0.3, 0.4) is 0 Å². The van der Waals surface area contributed by atoms with E-state index in [1.807, 2.05) is 24.3 Å². The van der Waals surface area contributed by atoms with Gasteiger partial charge in [-0.05, 0) is 60.7 Å². The van der Waals surface area contributed by atoms with E-state index in [4.69, 9.17) is 0 Å². The van der Waals surface area contributed by atoms with Crippen molar-refractivity contribution in [1.82, 2.24) is 0 Å². The molecule has 2 aromatic carbocycles. The Kier molecular flexibility index (Phi) is 5.59. The normalized spacial score (nSPS) is 10.9. The average Bonchev–Trinajstić information content (AvgIpc) is 2.55. The molecule has 0 saturated heterocycles. The molecule has 0 aliphatic carbocycles. The van der Waals surface area contributed by atoms with Crippen LogP contribution in [0.1, 0.15) is 53.7 Å². The van der Waals surface area contributed by atoms with Crippen molar-refractivity contribution < 1.29 is 4.79 Å². The van der Waals surface area contributed by atoms with Crippen LogP contribution >= 0.6 is 0 Å². The Morgan fingerprint density at radius 2 is 1.74 bits per heavy atom. The topological polar surface area (TPSA) is 20.3 Å². The minimum Gasteiger partial charge on any atom is -0.375 e. The first-order valence-electron chi connectivity index (χ1n) is 8.36. The second-order valence-corrected chi connectivity index (χ2v) is 6.45. The van der Waals surface area contributed by atoms with Gasteiger partial charge in [-0.2, -0.15) is 0 Å². The summed E-state index contributed by atoms with van der Waals surface area (Å²) in [5.41, 5.74) is 5.64. The molecule has 2 aromatic rings. The lowest BCUT2D eigenvalue weighted by atomic mass is 9.91. The lowest BCUT2D eigenvalue weighted by Gasteiger charge is -2.17. The molecule has 0 aliphatic heterocycles. The molecule has 23 heavy (non-hydrogen) atoms. The average molecular weight is 309 g/mol. The second kappa shape index (κ2) is 7.45. The fourth-order valence-corrected chi connectivity index (χ4v) is 2.88. The second-order valence-electron chi connectivity index (χ2n) is 6.45. The molecule has 2 heteroatoms. The third-order valence-electron chi connectivity index (χ3n) is 4.57. The van der Waals surface area contributed by atoms with Crippen LogP contribution in [0, 0.1) is 6.92 Å². The fourth-order valence-electron chi connectivity index (χ4n) is 2.88. The number of ketones is 1. The molecular formula is C21H27NO. The zero-order valence-electron chi connectivity index (χ0n) is 14.9. The lowest BCUT2D eigenvalue weighted by molar-refractivity contribution is 0.0993. The summed E-state index contributed by atoms with van der Waals surface area (Å²) >= 11 is 0. The fraction of sp³-hybridized carbons (Fsp3) is 0.381. The van der Waals surface area contributed by atoms with Crippen LogP contribution in [0.25, 0.3) is 0 Å². The largest absolute Gasteiger partial charge is 0.375 e. The van der Waals surface area contributed by atoms with Crippen LogP contribution in [0.2, 0.25) is 0 Å². The molecule has 122 valence electrons. The van der Waals surface area contributed by atoms with Gasteiger partial charge in [-0.3, -0.25) is 4.79 Å². The number of carbonyl (C=O) groups is 1. The van der Waals surface area contributed by atoms with Crippen LogP contribution in [0.5, 0.6) is 0 Å². The highest BCUT2D eigenvalue weighted by Gasteiger charge is 2.12. The lowest BCUT2D eigenvalue weighted by Crippen LogP contribution is -2.15. The number of rotatable bonds is 6. The Labute approximate surface area is 140 Å². The number of Topliss-reactive ketones (excluding diaryl/α,β-unsaturated/α-hetero) is 1. The molecule has 2 nitrogen and oxygen atoms in total. The van der Waals surface area contributed by atoms with Gasteiger partial charge in [0, 0.05) is 31.3 Å². The van der Waals surface area contributed by atoms with E-state index < -0.39 is 0 Å².